The molecular formula is C10H7N3O3. The van der Waals surface area contributed by atoms with Gasteiger partial charge in [-0.05, 0) is 12.1 Å². The van der Waals surface area contributed by atoms with E-state index in [0.29, 0.717) is 6.21 Å². The van der Waals surface area contributed by atoms with Crippen molar-refractivity contribution in [2.75, 3.05) is 0 Å². The number of aromatic nitrogens is 1. The number of nitrogens with zero attached hydrogens (tertiary/aromatic N) is 3. The van der Waals surface area contributed by atoms with Crippen LogP contribution in [0.15, 0.2) is 31.0 Å². The first-order chi connectivity index (χ1) is 7.69. The van der Waals surface area contributed by atoms with Gasteiger partial charge in [-0.2, -0.15) is 4.79 Å². The number of esters is 1. The molecule has 1 rings (SSSR count). The molecule has 0 bridgehead atoms. The van der Waals surface area contributed by atoms with Gasteiger partial charge in [0.2, 0.25) is 0 Å². The third-order valence-corrected chi connectivity index (χ3v) is 1.56. The number of rotatable bonds is 4. The Bertz CT molecular complexity index is 490. The molecule has 0 aliphatic carbocycles. The van der Waals surface area contributed by atoms with Crippen LogP contribution in [-0.2, 0) is 4.79 Å². The molecule has 0 saturated carbocycles. The number of carbonyl (C=O) groups is 2. The van der Waals surface area contributed by atoms with Crippen LogP contribution in [0.5, 0.6) is 5.75 Å². The summed E-state index contributed by atoms with van der Waals surface area (Å²) in [7, 11) is 0. The molecule has 0 atom stereocenters. The Morgan fingerprint density at radius 1 is 1.56 bits per heavy atom. The summed E-state index contributed by atoms with van der Waals surface area (Å²) in [5, 5.41) is 0. The van der Waals surface area contributed by atoms with Crippen LogP contribution in [0.1, 0.15) is 10.5 Å². The van der Waals surface area contributed by atoms with Crippen molar-refractivity contribution in [2.24, 2.45) is 0 Å². The highest BCUT2D eigenvalue weighted by Gasteiger charge is 2.16. The van der Waals surface area contributed by atoms with Gasteiger partial charge in [0.25, 0.3) is 5.78 Å². The van der Waals surface area contributed by atoms with Crippen molar-refractivity contribution in [3.63, 3.8) is 0 Å². The maximum atomic E-state index is 11.3. The van der Waals surface area contributed by atoms with E-state index in [4.69, 9.17) is 10.3 Å². The van der Waals surface area contributed by atoms with Crippen molar-refractivity contribution in [2.45, 2.75) is 0 Å². The van der Waals surface area contributed by atoms with Crippen LogP contribution in [0.2, 0.25) is 0 Å². The van der Waals surface area contributed by atoms with E-state index >= 15 is 0 Å². The van der Waals surface area contributed by atoms with E-state index in [9.17, 15) is 9.59 Å². The smallest absolute Gasteiger partial charge is 0.335 e. The Kier molecular flexibility index (Phi) is 3.83. The van der Waals surface area contributed by atoms with Gasteiger partial charge in [0.05, 0.1) is 0 Å². The van der Waals surface area contributed by atoms with E-state index in [1.165, 1.54) is 18.3 Å². The zero-order chi connectivity index (χ0) is 12.0. The molecule has 0 aromatic carbocycles. The number of hydrogen-bond donors (Lipinski definition) is 0. The highest BCUT2D eigenvalue weighted by atomic mass is 16.5. The fraction of sp³-hybridized carbons (Fsp3) is 0. The maximum absolute atomic E-state index is 11.3. The lowest BCUT2D eigenvalue weighted by molar-refractivity contribution is -0.129. The summed E-state index contributed by atoms with van der Waals surface area (Å²) in [5.74, 6) is -1.39. The summed E-state index contributed by atoms with van der Waals surface area (Å²) < 4.78 is 4.78. The van der Waals surface area contributed by atoms with Crippen molar-refractivity contribution in [1.82, 2.24) is 4.98 Å². The summed E-state index contributed by atoms with van der Waals surface area (Å²) in [5.41, 5.74) is 8.10. The molecule has 16 heavy (non-hydrogen) atoms. The van der Waals surface area contributed by atoms with E-state index in [0.717, 1.165) is 6.08 Å². The van der Waals surface area contributed by atoms with Crippen LogP contribution in [0.4, 0.5) is 0 Å². The molecular weight excluding hydrogens is 210 g/mol. The zero-order valence-corrected chi connectivity index (χ0v) is 8.16. The van der Waals surface area contributed by atoms with Crippen molar-refractivity contribution in [3.05, 3.63) is 42.2 Å². The molecule has 0 aliphatic heterocycles. The van der Waals surface area contributed by atoms with Crippen molar-refractivity contribution < 1.29 is 19.1 Å². The number of pyridine rings is 1. The van der Waals surface area contributed by atoms with Gasteiger partial charge in [0.1, 0.15) is 0 Å². The molecule has 6 heteroatoms. The minimum absolute atomic E-state index is 0.0164. The largest absolute Gasteiger partial charge is 0.421 e. The highest BCUT2D eigenvalue weighted by molar-refractivity contribution is 6.33. The number of carbonyl (C=O) groups excluding carboxylic acids is 2. The maximum Gasteiger partial charge on any atom is 0.335 e. The van der Waals surface area contributed by atoms with Crippen LogP contribution >= 0.6 is 0 Å². The van der Waals surface area contributed by atoms with Crippen molar-refractivity contribution >= 4 is 18.0 Å². The summed E-state index contributed by atoms with van der Waals surface area (Å²) in [6.07, 6.45) is 2.97. The number of ketones is 1. The van der Waals surface area contributed by atoms with E-state index < -0.39 is 11.8 Å². The molecule has 0 unspecified atom stereocenters. The van der Waals surface area contributed by atoms with E-state index in [-0.39, 0.29) is 11.4 Å². The van der Waals surface area contributed by atoms with Gasteiger partial charge in [-0.1, -0.05) is 6.58 Å². The predicted molar refractivity (Wildman–Crippen MR) is 54.1 cm³/mol. The Labute approximate surface area is 90.8 Å². The molecule has 6 nitrogen and oxygen atoms in total. The Balaban J connectivity index is 3.09. The van der Waals surface area contributed by atoms with Gasteiger partial charge in [-0.15, -0.1) is 0 Å². The first-order valence-electron chi connectivity index (χ1n) is 4.20. The van der Waals surface area contributed by atoms with Crippen LogP contribution in [0, 0.1) is 0 Å². The van der Waals surface area contributed by atoms with Crippen LogP contribution in [0.3, 0.4) is 0 Å². The van der Waals surface area contributed by atoms with Gasteiger partial charge in [0, 0.05) is 12.3 Å². The third kappa shape index (κ3) is 2.70. The number of ether oxygens (including phenoxy) is 1. The second-order valence-electron chi connectivity index (χ2n) is 2.58. The van der Waals surface area contributed by atoms with Gasteiger partial charge >= 0.3 is 12.2 Å². The molecule has 0 fully saturated rings. The van der Waals surface area contributed by atoms with E-state index in [1.807, 2.05) is 0 Å². The third-order valence-electron chi connectivity index (χ3n) is 1.56. The van der Waals surface area contributed by atoms with Crippen LogP contribution in [0.25, 0.3) is 5.53 Å². The SMILES string of the molecule is C=CC(=O)Oc1cccnc1C(=O)C=[N+]=[N-]. The molecule has 0 N–H and O–H groups in total. The number of Topliss-reactive ketones (excluding diaryl/α,β-unsaturated/α-hetero) is 1. The second-order valence-corrected chi connectivity index (χ2v) is 2.58. The van der Waals surface area contributed by atoms with E-state index in [2.05, 4.69) is 16.4 Å². The molecule has 0 spiro atoms. The van der Waals surface area contributed by atoms with Crippen molar-refractivity contribution in [3.8, 4) is 5.75 Å². The average molecular weight is 217 g/mol. The van der Waals surface area contributed by atoms with Crippen LogP contribution in [-0.4, -0.2) is 27.7 Å². The topological polar surface area (TPSA) is 92.7 Å². The molecule has 0 amide bonds. The Morgan fingerprint density at radius 3 is 2.94 bits per heavy atom. The lowest BCUT2D eigenvalue weighted by atomic mass is 10.2. The second kappa shape index (κ2) is 5.33. The lowest BCUT2D eigenvalue weighted by Gasteiger charge is -2.02. The molecule has 0 saturated heterocycles. The normalized spacial score (nSPS) is 8.75. The molecule has 80 valence electrons. The minimum atomic E-state index is -0.706. The van der Waals surface area contributed by atoms with Gasteiger partial charge < -0.3 is 10.3 Å². The minimum Gasteiger partial charge on any atom is -0.421 e. The van der Waals surface area contributed by atoms with Crippen LogP contribution < -0.4 is 4.74 Å². The first kappa shape index (κ1) is 11.5. The fourth-order valence-corrected chi connectivity index (χ4v) is 0.922. The number of hydrogen-bond acceptors (Lipinski definition) is 4. The standard InChI is InChI=1S/C10H7N3O3/c1-2-9(15)16-8-4-3-5-12-10(8)7(14)6-13-11/h2-6H,1H2. The summed E-state index contributed by atoms with van der Waals surface area (Å²) in [6, 6.07) is 2.89. The Morgan fingerprint density at radius 2 is 2.31 bits per heavy atom. The lowest BCUT2D eigenvalue weighted by Crippen LogP contribution is -2.11. The fourth-order valence-electron chi connectivity index (χ4n) is 0.922. The Hall–Kier alpha value is -2.59. The van der Waals surface area contributed by atoms with Gasteiger partial charge in [0.15, 0.2) is 11.4 Å². The van der Waals surface area contributed by atoms with E-state index in [1.54, 1.807) is 0 Å². The van der Waals surface area contributed by atoms with Gasteiger partial charge in [-0.25, -0.2) is 9.78 Å². The highest BCUT2D eigenvalue weighted by Crippen LogP contribution is 2.15. The van der Waals surface area contributed by atoms with Gasteiger partial charge in [-0.3, -0.25) is 4.79 Å². The molecule has 1 aromatic heterocycles. The van der Waals surface area contributed by atoms with Crippen molar-refractivity contribution in [1.29, 1.82) is 0 Å². The summed E-state index contributed by atoms with van der Waals surface area (Å²) in [6.45, 7) is 3.22. The predicted octanol–water partition coefficient (Wildman–Crippen LogP) is 0.656. The quantitative estimate of drug-likeness (QED) is 0.185. The first-order valence-corrected chi connectivity index (χ1v) is 4.20. The average Bonchev–Trinajstić information content (AvgIpc) is 2.30. The summed E-state index contributed by atoms with van der Waals surface area (Å²) >= 11 is 0. The summed E-state index contributed by atoms with van der Waals surface area (Å²) in [4.78, 5) is 28.6. The molecule has 1 aromatic rings. The molecule has 1 heterocycles. The molecule has 0 aliphatic rings. The zero-order valence-electron chi connectivity index (χ0n) is 8.16. The molecule has 0 radical (unpaired) electrons. The monoisotopic (exact) mass is 217 g/mol.